The van der Waals surface area contributed by atoms with Crippen molar-refractivity contribution in [2.75, 3.05) is 5.32 Å². The molecule has 1 rings (SSSR count). The van der Waals surface area contributed by atoms with Gasteiger partial charge in [0.2, 0.25) is 5.91 Å². The van der Waals surface area contributed by atoms with E-state index in [0.29, 0.717) is 11.5 Å². The largest absolute Gasteiger partial charge is 0.332 e. The van der Waals surface area contributed by atoms with E-state index >= 15 is 0 Å². The third-order valence-electron chi connectivity index (χ3n) is 2.05. The highest BCUT2D eigenvalue weighted by Gasteiger charge is 2.16. The van der Waals surface area contributed by atoms with E-state index in [2.05, 4.69) is 33.2 Å². The number of nitrogens with one attached hydrogen (secondary N) is 2. The molecule has 0 aliphatic carbocycles. The summed E-state index contributed by atoms with van der Waals surface area (Å²) in [6.07, 6.45) is 0.446. The van der Waals surface area contributed by atoms with Crippen LogP contribution < -0.4 is 10.6 Å². The van der Waals surface area contributed by atoms with Crippen LogP contribution in [0, 0.1) is 8.99 Å². The summed E-state index contributed by atoms with van der Waals surface area (Å²) < 4.78 is 1.15. The Morgan fingerprint density at radius 1 is 1.28 bits per heavy atom. The topological polar surface area (TPSA) is 41.1 Å². The number of amides is 1. The zero-order chi connectivity index (χ0) is 13.8. The van der Waals surface area contributed by atoms with Crippen LogP contribution in [-0.4, -0.2) is 11.0 Å². The van der Waals surface area contributed by atoms with Crippen LogP contribution in [0.1, 0.15) is 27.2 Å². The third-order valence-corrected chi connectivity index (χ3v) is 2.97. The molecule has 0 aromatic heterocycles. The summed E-state index contributed by atoms with van der Waals surface area (Å²) in [7, 11) is 0. The SMILES string of the molecule is CC(C)(C)CC(=O)NC(=S)Nc1ccc(I)cc1. The minimum atomic E-state index is -0.0643. The van der Waals surface area contributed by atoms with Gasteiger partial charge in [-0.3, -0.25) is 4.79 Å². The van der Waals surface area contributed by atoms with Crippen molar-refractivity contribution in [2.45, 2.75) is 27.2 Å². The molecule has 3 nitrogen and oxygen atoms in total. The zero-order valence-electron chi connectivity index (χ0n) is 10.7. The molecule has 0 fully saturated rings. The lowest BCUT2D eigenvalue weighted by molar-refractivity contribution is -0.121. The van der Waals surface area contributed by atoms with E-state index in [1.807, 2.05) is 45.0 Å². The van der Waals surface area contributed by atoms with Crippen molar-refractivity contribution in [3.63, 3.8) is 0 Å². The zero-order valence-corrected chi connectivity index (χ0v) is 13.7. The standard InChI is InChI=1S/C13H17IN2OS/c1-13(2,3)8-11(17)16-12(18)15-10-6-4-9(14)5-7-10/h4-7H,8H2,1-3H3,(H2,15,16,17,18). The van der Waals surface area contributed by atoms with Gasteiger partial charge in [0, 0.05) is 15.7 Å². The number of thiocarbonyl (C=S) groups is 1. The minimum Gasteiger partial charge on any atom is -0.332 e. The Kier molecular flexibility index (Phi) is 5.52. The van der Waals surface area contributed by atoms with Crippen molar-refractivity contribution in [1.29, 1.82) is 0 Å². The van der Waals surface area contributed by atoms with Crippen LogP contribution in [0.2, 0.25) is 0 Å². The quantitative estimate of drug-likeness (QED) is 0.613. The van der Waals surface area contributed by atoms with Crippen molar-refractivity contribution < 1.29 is 4.79 Å². The molecule has 0 atom stereocenters. The monoisotopic (exact) mass is 376 g/mol. The van der Waals surface area contributed by atoms with E-state index in [9.17, 15) is 4.79 Å². The maximum Gasteiger partial charge on any atom is 0.226 e. The van der Waals surface area contributed by atoms with Crippen molar-refractivity contribution in [1.82, 2.24) is 5.32 Å². The van der Waals surface area contributed by atoms with Gasteiger partial charge in [0.25, 0.3) is 0 Å². The first kappa shape index (κ1) is 15.4. The van der Waals surface area contributed by atoms with Crippen molar-refractivity contribution in [3.05, 3.63) is 27.8 Å². The van der Waals surface area contributed by atoms with Crippen LogP contribution in [-0.2, 0) is 4.79 Å². The fourth-order valence-corrected chi connectivity index (χ4v) is 1.94. The van der Waals surface area contributed by atoms with Crippen molar-refractivity contribution in [2.24, 2.45) is 5.41 Å². The third kappa shape index (κ3) is 6.30. The Hall–Kier alpha value is -0.690. The minimum absolute atomic E-state index is 0.0391. The first-order valence-corrected chi connectivity index (χ1v) is 7.11. The van der Waals surface area contributed by atoms with Crippen LogP contribution in [0.4, 0.5) is 5.69 Å². The average molecular weight is 376 g/mol. The predicted molar refractivity (Wildman–Crippen MR) is 87.6 cm³/mol. The molecule has 0 saturated carbocycles. The molecule has 18 heavy (non-hydrogen) atoms. The maximum atomic E-state index is 11.7. The fraction of sp³-hybridized carbons (Fsp3) is 0.385. The van der Waals surface area contributed by atoms with Crippen LogP contribution in [0.25, 0.3) is 0 Å². The first-order chi connectivity index (χ1) is 8.26. The lowest BCUT2D eigenvalue weighted by atomic mass is 9.92. The molecule has 1 aromatic rings. The van der Waals surface area contributed by atoms with Crippen LogP contribution in [0.15, 0.2) is 24.3 Å². The average Bonchev–Trinajstić information content (AvgIpc) is 2.18. The molecule has 0 radical (unpaired) electrons. The van der Waals surface area contributed by atoms with Gasteiger partial charge in [0.05, 0.1) is 0 Å². The molecule has 0 aliphatic rings. The van der Waals surface area contributed by atoms with Crippen molar-refractivity contribution in [3.8, 4) is 0 Å². The maximum absolute atomic E-state index is 11.7. The molecule has 98 valence electrons. The number of rotatable bonds is 2. The van der Waals surface area contributed by atoms with E-state index in [-0.39, 0.29) is 11.3 Å². The summed E-state index contributed by atoms with van der Waals surface area (Å²) in [6.45, 7) is 6.05. The number of carbonyl (C=O) groups is 1. The molecule has 5 heteroatoms. The van der Waals surface area contributed by atoms with E-state index < -0.39 is 0 Å². The summed E-state index contributed by atoms with van der Waals surface area (Å²) in [6, 6.07) is 7.79. The summed E-state index contributed by atoms with van der Waals surface area (Å²) in [5, 5.41) is 6.00. The number of hydrogen-bond donors (Lipinski definition) is 2. The van der Waals surface area contributed by atoms with Gasteiger partial charge in [-0.1, -0.05) is 20.8 Å². The summed E-state index contributed by atoms with van der Waals surface area (Å²) in [4.78, 5) is 11.7. The molecule has 0 spiro atoms. The van der Waals surface area contributed by atoms with Gasteiger partial charge in [-0.2, -0.15) is 0 Å². The van der Waals surface area contributed by atoms with Gasteiger partial charge in [0.1, 0.15) is 0 Å². The molecule has 0 unspecified atom stereocenters. The Morgan fingerprint density at radius 2 is 1.83 bits per heavy atom. The fourth-order valence-electron chi connectivity index (χ4n) is 1.35. The predicted octanol–water partition coefficient (Wildman–Crippen LogP) is 3.54. The molecule has 0 saturated heterocycles. The molecular weight excluding hydrogens is 359 g/mol. The molecule has 2 N–H and O–H groups in total. The van der Waals surface area contributed by atoms with Crippen LogP contribution >= 0.6 is 34.8 Å². The summed E-state index contributed by atoms with van der Waals surface area (Å²) >= 11 is 7.32. The van der Waals surface area contributed by atoms with E-state index in [1.54, 1.807) is 0 Å². The van der Waals surface area contributed by atoms with Gasteiger partial charge < -0.3 is 10.6 Å². The number of hydrogen-bond acceptors (Lipinski definition) is 2. The number of anilines is 1. The highest BCUT2D eigenvalue weighted by Crippen LogP contribution is 2.17. The molecule has 0 bridgehead atoms. The first-order valence-electron chi connectivity index (χ1n) is 5.63. The number of halogens is 1. The van der Waals surface area contributed by atoms with E-state index in [4.69, 9.17) is 12.2 Å². The van der Waals surface area contributed by atoms with Crippen molar-refractivity contribution >= 4 is 51.5 Å². The van der Waals surface area contributed by atoms with Gasteiger partial charge in [-0.15, -0.1) is 0 Å². The smallest absolute Gasteiger partial charge is 0.226 e. The summed E-state index contributed by atoms with van der Waals surface area (Å²) in [5.41, 5.74) is 0.833. The number of carbonyl (C=O) groups excluding carboxylic acids is 1. The van der Waals surface area contributed by atoms with Gasteiger partial charge in [-0.25, -0.2) is 0 Å². The molecule has 0 aliphatic heterocycles. The Balaban J connectivity index is 2.47. The summed E-state index contributed by atoms with van der Waals surface area (Å²) in [5.74, 6) is -0.0643. The van der Waals surface area contributed by atoms with Crippen LogP contribution in [0.5, 0.6) is 0 Å². The second kappa shape index (κ2) is 6.47. The second-order valence-electron chi connectivity index (χ2n) is 5.25. The second-order valence-corrected chi connectivity index (χ2v) is 6.90. The molecular formula is C13H17IN2OS. The molecule has 1 aromatic carbocycles. The Morgan fingerprint density at radius 3 is 2.33 bits per heavy atom. The van der Waals surface area contributed by atoms with Crippen LogP contribution in [0.3, 0.4) is 0 Å². The Labute approximate surface area is 127 Å². The Bertz CT molecular complexity index is 437. The van der Waals surface area contributed by atoms with Gasteiger partial charge in [-0.05, 0) is 64.5 Å². The van der Waals surface area contributed by atoms with E-state index in [1.165, 1.54) is 0 Å². The highest BCUT2D eigenvalue weighted by molar-refractivity contribution is 14.1. The molecule has 1 amide bonds. The lowest BCUT2D eigenvalue weighted by Crippen LogP contribution is -2.36. The van der Waals surface area contributed by atoms with Gasteiger partial charge in [0.15, 0.2) is 5.11 Å². The number of benzene rings is 1. The lowest BCUT2D eigenvalue weighted by Gasteiger charge is -2.17. The van der Waals surface area contributed by atoms with Gasteiger partial charge >= 0.3 is 0 Å². The normalized spacial score (nSPS) is 10.9. The molecule has 0 heterocycles. The highest BCUT2D eigenvalue weighted by atomic mass is 127. The van der Waals surface area contributed by atoms with E-state index in [0.717, 1.165) is 9.26 Å².